The van der Waals surface area contributed by atoms with E-state index in [-0.39, 0.29) is 0 Å². The standard InChI is InChI=1S/C11H7Cl2IN2O/c1-17-9-4-6(12)2-3-7(9)11-15-5-8(14)10(13)16-11/h2-5H,1H3. The lowest BCUT2D eigenvalue weighted by Crippen LogP contribution is -1.94. The molecule has 0 fully saturated rings. The predicted molar refractivity (Wildman–Crippen MR) is 76.8 cm³/mol. The second-order valence-corrected chi connectivity index (χ2v) is 5.13. The predicted octanol–water partition coefficient (Wildman–Crippen LogP) is 4.06. The van der Waals surface area contributed by atoms with Crippen LogP contribution in [0.15, 0.2) is 24.4 Å². The molecule has 0 radical (unpaired) electrons. The number of halogens is 3. The quantitative estimate of drug-likeness (QED) is 0.582. The van der Waals surface area contributed by atoms with Gasteiger partial charge in [-0.2, -0.15) is 0 Å². The molecule has 2 rings (SSSR count). The third-order valence-electron chi connectivity index (χ3n) is 2.11. The summed E-state index contributed by atoms with van der Waals surface area (Å²) in [4.78, 5) is 8.43. The highest BCUT2D eigenvalue weighted by molar-refractivity contribution is 14.1. The van der Waals surface area contributed by atoms with Gasteiger partial charge in [0.15, 0.2) is 5.82 Å². The van der Waals surface area contributed by atoms with Gasteiger partial charge in [-0.3, -0.25) is 0 Å². The minimum Gasteiger partial charge on any atom is -0.496 e. The van der Waals surface area contributed by atoms with E-state index >= 15 is 0 Å². The van der Waals surface area contributed by atoms with E-state index in [4.69, 9.17) is 27.9 Å². The number of benzene rings is 1. The average molecular weight is 381 g/mol. The molecule has 0 spiro atoms. The summed E-state index contributed by atoms with van der Waals surface area (Å²) in [7, 11) is 1.57. The lowest BCUT2D eigenvalue weighted by atomic mass is 10.2. The summed E-state index contributed by atoms with van der Waals surface area (Å²) in [6.07, 6.45) is 1.67. The topological polar surface area (TPSA) is 35.0 Å². The van der Waals surface area contributed by atoms with Crippen LogP contribution in [0.3, 0.4) is 0 Å². The van der Waals surface area contributed by atoms with E-state index in [1.165, 1.54) is 0 Å². The lowest BCUT2D eigenvalue weighted by molar-refractivity contribution is 0.416. The molecule has 17 heavy (non-hydrogen) atoms. The smallest absolute Gasteiger partial charge is 0.164 e. The second-order valence-electron chi connectivity index (χ2n) is 3.18. The van der Waals surface area contributed by atoms with Crippen LogP contribution < -0.4 is 4.74 Å². The Kier molecular flexibility index (Phi) is 4.06. The van der Waals surface area contributed by atoms with Gasteiger partial charge in [0, 0.05) is 11.2 Å². The fraction of sp³-hybridized carbons (Fsp3) is 0.0909. The third kappa shape index (κ3) is 2.81. The van der Waals surface area contributed by atoms with Crippen molar-refractivity contribution in [3.8, 4) is 17.1 Å². The van der Waals surface area contributed by atoms with Gasteiger partial charge in [-0.15, -0.1) is 0 Å². The molecule has 0 atom stereocenters. The van der Waals surface area contributed by atoms with E-state index in [0.717, 1.165) is 9.13 Å². The molecule has 0 aliphatic carbocycles. The van der Waals surface area contributed by atoms with Gasteiger partial charge in [0.05, 0.1) is 16.2 Å². The average Bonchev–Trinajstić information content (AvgIpc) is 2.32. The van der Waals surface area contributed by atoms with Crippen LogP contribution in [0.1, 0.15) is 0 Å². The summed E-state index contributed by atoms with van der Waals surface area (Å²) in [6.45, 7) is 0. The normalized spacial score (nSPS) is 10.4. The van der Waals surface area contributed by atoms with Gasteiger partial charge in [0.2, 0.25) is 0 Å². The number of methoxy groups -OCH3 is 1. The van der Waals surface area contributed by atoms with Gasteiger partial charge in [0.1, 0.15) is 10.9 Å². The molecule has 3 nitrogen and oxygen atoms in total. The first-order chi connectivity index (χ1) is 8.11. The molecule has 2 aromatic rings. The highest BCUT2D eigenvalue weighted by atomic mass is 127. The molecule has 0 bridgehead atoms. The van der Waals surface area contributed by atoms with Gasteiger partial charge in [0.25, 0.3) is 0 Å². The van der Waals surface area contributed by atoms with Crippen molar-refractivity contribution in [1.29, 1.82) is 0 Å². The van der Waals surface area contributed by atoms with Crippen molar-refractivity contribution in [2.75, 3.05) is 7.11 Å². The second kappa shape index (κ2) is 5.37. The zero-order valence-corrected chi connectivity index (χ0v) is 12.4. The van der Waals surface area contributed by atoms with E-state index in [9.17, 15) is 0 Å². The molecule has 0 N–H and O–H groups in total. The Labute approximate surface area is 122 Å². The molecular weight excluding hydrogens is 374 g/mol. The van der Waals surface area contributed by atoms with Gasteiger partial charge in [-0.25, -0.2) is 9.97 Å². The maximum Gasteiger partial charge on any atom is 0.164 e. The summed E-state index contributed by atoms with van der Waals surface area (Å²) in [5.74, 6) is 1.14. The number of nitrogens with zero attached hydrogens (tertiary/aromatic N) is 2. The Hall–Kier alpha value is -0.590. The minimum atomic E-state index is 0.424. The SMILES string of the molecule is COc1cc(Cl)ccc1-c1ncc(I)c(Cl)n1. The Morgan fingerprint density at radius 2 is 2.06 bits per heavy atom. The Balaban J connectivity index is 2.55. The number of ether oxygens (including phenoxy) is 1. The molecule has 0 saturated carbocycles. The van der Waals surface area contributed by atoms with Gasteiger partial charge >= 0.3 is 0 Å². The number of aromatic nitrogens is 2. The summed E-state index contributed by atoms with van der Waals surface area (Å²) in [5.41, 5.74) is 0.759. The van der Waals surface area contributed by atoms with Crippen LogP contribution >= 0.6 is 45.8 Å². The highest BCUT2D eigenvalue weighted by Crippen LogP contribution is 2.31. The Morgan fingerprint density at radius 1 is 1.29 bits per heavy atom. The van der Waals surface area contributed by atoms with Crippen LogP contribution in [0.4, 0.5) is 0 Å². The van der Waals surface area contributed by atoms with Gasteiger partial charge < -0.3 is 4.74 Å². The first kappa shape index (κ1) is 12.9. The largest absolute Gasteiger partial charge is 0.496 e. The molecule has 0 unspecified atom stereocenters. The summed E-state index contributed by atoms with van der Waals surface area (Å²) in [6, 6.07) is 5.28. The van der Waals surface area contributed by atoms with Crippen molar-refractivity contribution in [3.63, 3.8) is 0 Å². The van der Waals surface area contributed by atoms with Gasteiger partial charge in [-0.05, 0) is 40.8 Å². The lowest BCUT2D eigenvalue weighted by Gasteiger charge is -2.08. The van der Waals surface area contributed by atoms with Crippen molar-refractivity contribution in [3.05, 3.63) is 38.1 Å². The molecule has 1 aromatic heterocycles. The van der Waals surface area contributed by atoms with Crippen molar-refractivity contribution < 1.29 is 4.74 Å². The maximum absolute atomic E-state index is 5.97. The van der Waals surface area contributed by atoms with E-state index in [2.05, 4.69) is 32.6 Å². The van der Waals surface area contributed by atoms with E-state index in [1.54, 1.807) is 31.5 Å². The van der Waals surface area contributed by atoms with Crippen molar-refractivity contribution in [2.45, 2.75) is 0 Å². The fourth-order valence-corrected chi connectivity index (χ4v) is 1.88. The summed E-state index contributed by atoms with van der Waals surface area (Å²) >= 11 is 13.9. The van der Waals surface area contributed by atoms with Crippen LogP contribution in [-0.4, -0.2) is 17.1 Å². The first-order valence-electron chi connectivity index (χ1n) is 4.64. The zero-order chi connectivity index (χ0) is 12.4. The molecular formula is C11H7Cl2IN2O. The van der Waals surface area contributed by atoms with Crippen LogP contribution in [0, 0.1) is 3.57 Å². The zero-order valence-electron chi connectivity index (χ0n) is 8.75. The molecule has 0 aliphatic heterocycles. The molecule has 1 aromatic carbocycles. The molecule has 88 valence electrons. The fourth-order valence-electron chi connectivity index (χ4n) is 1.33. The summed E-state index contributed by atoms with van der Waals surface area (Å²) in [5, 5.41) is 1.02. The summed E-state index contributed by atoms with van der Waals surface area (Å²) < 4.78 is 6.05. The Bertz CT molecular complexity index is 563. The first-order valence-corrected chi connectivity index (χ1v) is 6.47. The molecule has 0 saturated heterocycles. The van der Waals surface area contributed by atoms with E-state index < -0.39 is 0 Å². The number of hydrogen-bond acceptors (Lipinski definition) is 3. The van der Waals surface area contributed by atoms with Crippen LogP contribution in [0.2, 0.25) is 10.2 Å². The van der Waals surface area contributed by atoms with Crippen molar-refractivity contribution in [2.24, 2.45) is 0 Å². The van der Waals surface area contributed by atoms with Gasteiger partial charge in [-0.1, -0.05) is 23.2 Å². The number of rotatable bonds is 2. The minimum absolute atomic E-state index is 0.424. The molecule has 6 heteroatoms. The molecule has 0 aliphatic rings. The van der Waals surface area contributed by atoms with Crippen molar-refractivity contribution >= 4 is 45.8 Å². The molecule has 0 amide bonds. The van der Waals surface area contributed by atoms with Crippen molar-refractivity contribution in [1.82, 2.24) is 9.97 Å². The Morgan fingerprint density at radius 3 is 2.71 bits per heavy atom. The van der Waals surface area contributed by atoms with E-state index in [1.807, 2.05) is 0 Å². The van der Waals surface area contributed by atoms with Crippen LogP contribution in [-0.2, 0) is 0 Å². The highest BCUT2D eigenvalue weighted by Gasteiger charge is 2.11. The third-order valence-corrected chi connectivity index (χ3v) is 3.74. The monoisotopic (exact) mass is 380 g/mol. The van der Waals surface area contributed by atoms with E-state index in [0.29, 0.717) is 21.7 Å². The molecule has 1 heterocycles. The van der Waals surface area contributed by atoms with Crippen LogP contribution in [0.5, 0.6) is 5.75 Å². The van der Waals surface area contributed by atoms with Crippen LogP contribution in [0.25, 0.3) is 11.4 Å². The number of hydrogen-bond donors (Lipinski definition) is 0. The maximum atomic E-state index is 5.97.